The molecule has 0 radical (unpaired) electrons. The number of nitrogens with zero attached hydrogens (tertiary/aromatic N) is 6. The number of ketones is 1. The van der Waals surface area contributed by atoms with E-state index in [0.29, 0.717) is 55.4 Å². The van der Waals surface area contributed by atoms with Crippen molar-refractivity contribution in [2.45, 2.75) is 89.4 Å². The Bertz CT molecular complexity index is 2000. The first-order valence-electron chi connectivity index (χ1n) is 17.5. The van der Waals surface area contributed by atoms with E-state index in [1.165, 1.54) is 6.92 Å². The molecule has 4 aliphatic heterocycles. The number of hydrogen-bond acceptors (Lipinski definition) is 9. The Balaban J connectivity index is 1.18. The lowest BCUT2D eigenvalue weighted by Crippen LogP contribution is -2.43. The molecule has 2 atom stereocenters. The van der Waals surface area contributed by atoms with E-state index < -0.39 is 40.5 Å². The van der Waals surface area contributed by atoms with Gasteiger partial charge in [0.05, 0.1) is 47.4 Å². The van der Waals surface area contributed by atoms with Crippen LogP contribution >= 0.6 is 0 Å². The number of hydrogen-bond donors (Lipinski definition) is 1. The maximum atomic E-state index is 15.7. The molecule has 0 amide bonds. The highest BCUT2D eigenvalue weighted by Gasteiger charge is 2.47. The Morgan fingerprint density at radius 2 is 2.00 bits per heavy atom. The van der Waals surface area contributed by atoms with Gasteiger partial charge in [-0.2, -0.15) is 28.2 Å². The molecule has 1 saturated carbocycles. The number of carbonyl (C=O) groups excluding carboxylic acids is 1. The smallest absolute Gasteiger partial charge is 0.418 e. The van der Waals surface area contributed by atoms with Gasteiger partial charge in [0.15, 0.2) is 11.6 Å². The molecule has 2 aromatic heterocycles. The zero-order valence-corrected chi connectivity index (χ0v) is 28.4. The normalized spacial score (nSPS) is 23.3. The third-order valence-corrected chi connectivity index (χ3v) is 10.8. The Morgan fingerprint density at radius 3 is 2.76 bits per heavy atom. The molecule has 268 valence electrons. The predicted octanol–water partition coefficient (Wildman–Crippen LogP) is 5.77. The van der Waals surface area contributed by atoms with E-state index in [2.05, 4.69) is 33.3 Å². The lowest BCUT2D eigenvalue weighted by Gasteiger charge is -2.33. The summed E-state index contributed by atoms with van der Waals surface area (Å²) in [6.45, 7) is 9.10. The molecule has 0 unspecified atom stereocenters. The number of fused-ring (bicyclic) bond motifs is 3. The lowest BCUT2D eigenvalue weighted by molar-refractivity contribution is -0.140. The molecular formula is C37H39F4N7O3. The largest absolute Gasteiger partial charge is 0.461 e. The zero-order valence-electron chi connectivity index (χ0n) is 28.4. The molecule has 1 aliphatic carbocycles. The van der Waals surface area contributed by atoms with Crippen LogP contribution in [0.4, 0.5) is 29.1 Å². The quantitative estimate of drug-likeness (QED) is 0.108. The molecule has 5 aliphatic rings. The number of rotatable bonds is 7. The molecule has 14 heteroatoms. The number of halogens is 4. The van der Waals surface area contributed by atoms with E-state index in [-0.39, 0.29) is 36.3 Å². The topological polar surface area (TPSA) is 112 Å². The van der Waals surface area contributed by atoms with Crippen molar-refractivity contribution in [2.75, 3.05) is 36.9 Å². The number of Topliss-reactive ketones (excluding diaryl/α,β-unsaturated/α-hetero) is 1. The van der Waals surface area contributed by atoms with Crippen molar-refractivity contribution in [1.82, 2.24) is 24.6 Å². The summed E-state index contributed by atoms with van der Waals surface area (Å²) < 4.78 is 73.8. The molecule has 10 nitrogen and oxygen atoms in total. The standard InChI is InChI=1S/C37H39F4N7O3/c1-3-6-23-13-26(42)32(38)30(31(23)37(39,40)41)29-15-27-25(19-50-29)34(44-35(43-27)51-20-36-9-4-11-47(36)17-21(2)16-36)46-10-5-12-48-24(18-46)14-28(45-48)33(49)22-7-8-22/h13-14,22,29H,2,4-5,7-12,15-20,42H2,1H3/t29-,36+/m0/s1. The highest BCUT2D eigenvalue weighted by Crippen LogP contribution is 2.45. The highest BCUT2D eigenvalue weighted by atomic mass is 19.4. The lowest BCUT2D eigenvalue weighted by atomic mass is 9.91. The fourth-order valence-electron chi connectivity index (χ4n) is 8.25. The highest BCUT2D eigenvalue weighted by molar-refractivity contribution is 5.97. The van der Waals surface area contributed by atoms with E-state index >= 15 is 4.39 Å². The van der Waals surface area contributed by atoms with E-state index in [1.807, 2.05) is 10.7 Å². The van der Waals surface area contributed by atoms with Crippen LogP contribution in [0.1, 0.15) is 95.7 Å². The SMILES string of the molecule is C=C1CN2CCC[C@]2(COc2nc3c(c(N4CCCn5nc(C(=O)C6CC6)cc5C4)n2)CO[C@H](c2c(F)c(N)cc(C#CC)c2C(F)(F)F)C3)C1. The molecule has 51 heavy (non-hydrogen) atoms. The summed E-state index contributed by atoms with van der Waals surface area (Å²) in [6.07, 6.45) is -1.21. The van der Waals surface area contributed by atoms with E-state index in [9.17, 15) is 18.0 Å². The van der Waals surface area contributed by atoms with Crippen molar-refractivity contribution in [3.63, 3.8) is 0 Å². The van der Waals surface area contributed by atoms with Crippen molar-refractivity contribution in [3.05, 3.63) is 69.4 Å². The summed E-state index contributed by atoms with van der Waals surface area (Å²) in [5.74, 6) is 4.36. The van der Waals surface area contributed by atoms with Gasteiger partial charge in [0.2, 0.25) is 0 Å². The van der Waals surface area contributed by atoms with Crippen LogP contribution in [0.3, 0.4) is 0 Å². The second kappa shape index (κ2) is 12.6. The Kier molecular flexibility index (Phi) is 8.33. The molecule has 3 aromatic rings. The van der Waals surface area contributed by atoms with Crippen molar-refractivity contribution < 1.29 is 31.8 Å². The van der Waals surface area contributed by atoms with Crippen LogP contribution in [0.25, 0.3) is 0 Å². The number of ether oxygens (including phenoxy) is 2. The van der Waals surface area contributed by atoms with Gasteiger partial charge in [-0.05, 0) is 64.1 Å². The summed E-state index contributed by atoms with van der Waals surface area (Å²) >= 11 is 0. The van der Waals surface area contributed by atoms with Crippen molar-refractivity contribution in [3.8, 4) is 17.9 Å². The van der Waals surface area contributed by atoms with Crippen LogP contribution in [-0.2, 0) is 37.0 Å². The van der Waals surface area contributed by atoms with Crippen LogP contribution < -0.4 is 15.4 Å². The zero-order chi connectivity index (χ0) is 35.7. The molecule has 3 fully saturated rings. The molecule has 0 spiro atoms. The number of nitrogens with two attached hydrogens (primary N) is 1. The number of nitrogen functional groups attached to an aromatic ring is 1. The van der Waals surface area contributed by atoms with E-state index in [0.717, 1.165) is 62.5 Å². The first-order valence-corrected chi connectivity index (χ1v) is 17.5. The third kappa shape index (κ3) is 6.14. The summed E-state index contributed by atoms with van der Waals surface area (Å²) in [7, 11) is 0. The first kappa shape index (κ1) is 33.7. The predicted molar refractivity (Wildman–Crippen MR) is 179 cm³/mol. The second-order valence-electron chi connectivity index (χ2n) is 14.4. The van der Waals surface area contributed by atoms with Crippen molar-refractivity contribution >= 4 is 17.3 Å². The number of anilines is 2. The van der Waals surface area contributed by atoms with Crippen molar-refractivity contribution in [2.24, 2.45) is 5.92 Å². The molecule has 1 aromatic carbocycles. The van der Waals surface area contributed by atoms with Gasteiger partial charge in [-0.15, -0.1) is 5.92 Å². The van der Waals surface area contributed by atoms with Crippen molar-refractivity contribution in [1.29, 1.82) is 0 Å². The minimum atomic E-state index is -4.93. The molecule has 6 heterocycles. The van der Waals surface area contributed by atoms with Gasteiger partial charge in [0, 0.05) is 48.7 Å². The van der Waals surface area contributed by atoms with E-state index in [1.54, 1.807) is 0 Å². The first-order chi connectivity index (χ1) is 24.4. The summed E-state index contributed by atoms with van der Waals surface area (Å²) in [6, 6.07) is 2.85. The van der Waals surface area contributed by atoms with Crippen LogP contribution in [-0.4, -0.2) is 62.2 Å². The maximum Gasteiger partial charge on any atom is 0.418 e. The van der Waals surface area contributed by atoms with Crippen LogP contribution in [0.5, 0.6) is 6.01 Å². The number of alkyl halides is 3. The fourth-order valence-corrected chi connectivity index (χ4v) is 8.25. The van der Waals surface area contributed by atoms with E-state index in [4.69, 9.17) is 25.2 Å². The van der Waals surface area contributed by atoms with Gasteiger partial charge in [0.25, 0.3) is 0 Å². The fraction of sp³-hybridized carbons (Fsp3) is 0.514. The molecular weight excluding hydrogens is 666 g/mol. The van der Waals surface area contributed by atoms with Crippen LogP contribution in [0.15, 0.2) is 24.3 Å². The monoisotopic (exact) mass is 705 g/mol. The number of carbonyl (C=O) groups is 1. The van der Waals surface area contributed by atoms with Gasteiger partial charge in [-0.3, -0.25) is 14.4 Å². The Labute approximate surface area is 293 Å². The Morgan fingerprint density at radius 1 is 1.18 bits per heavy atom. The van der Waals surface area contributed by atoms with Gasteiger partial charge < -0.3 is 20.1 Å². The average molecular weight is 706 g/mol. The maximum absolute atomic E-state index is 15.7. The number of benzene rings is 1. The average Bonchev–Trinajstić information content (AvgIpc) is 3.71. The number of aromatic nitrogens is 4. The van der Waals surface area contributed by atoms with Gasteiger partial charge in [-0.1, -0.05) is 18.1 Å². The minimum Gasteiger partial charge on any atom is -0.461 e. The molecule has 8 rings (SSSR count). The molecule has 2 N–H and O–H groups in total. The van der Waals surface area contributed by atoms with Crippen LogP contribution in [0.2, 0.25) is 0 Å². The van der Waals surface area contributed by atoms with Gasteiger partial charge in [0.1, 0.15) is 18.1 Å². The second-order valence-corrected chi connectivity index (χ2v) is 14.4. The van der Waals surface area contributed by atoms with Crippen LogP contribution in [0, 0.1) is 23.6 Å². The summed E-state index contributed by atoms with van der Waals surface area (Å²) in [5.41, 5.74) is 6.37. The number of aryl methyl sites for hydroxylation is 1. The summed E-state index contributed by atoms with van der Waals surface area (Å²) in [4.78, 5) is 26.9. The Hall–Kier alpha value is -4.48. The van der Waals surface area contributed by atoms with Gasteiger partial charge in [-0.25, -0.2) is 4.39 Å². The van der Waals surface area contributed by atoms with Gasteiger partial charge >= 0.3 is 12.2 Å². The summed E-state index contributed by atoms with van der Waals surface area (Å²) in [5, 5.41) is 4.62. The third-order valence-electron chi connectivity index (χ3n) is 10.8. The minimum absolute atomic E-state index is 0.0407. The molecule has 2 saturated heterocycles. The molecule has 0 bridgehead atoms.